The zero-order valence-electron chi connectivity index (χ0n) is 26.6. The number of anilines is 1. The first-order valence-electron chi connectivity index (χ1n) is 15.3. The minimum atomic E-state index is -5.09. The zero-order valence-corrected chi connectivity index (χ0v) is 28.2. The van der Waals surface area contributed by atoms with E-state index in [0.717, 1.165) is 38.5 Å². The minimum Gasteiger partial charge on any atom is -0.478 e. The van der Waals surface area contributed by atoms with E-state index in [1.54, 1.807) is 29.5 Å². The van der Waals surface area contributed by atoms with Gasteiger partial charge in [-0.15, -0.1) is 22.7 Å². The third-order valence-corrected chi connectivity index (χ3v) is 10.2. The number of nitrogens with zero attached hydrogens (tertiary/aromatic N) is 4. The number of aliphatic hydroxyl groups excluding tert-OH is 2. The van der Waals surface area contributed by atoms with Gasteiger partial charge in [0, 0.05) is 49.4 Å². The van der Waals surface area contributed by atoms with Crippen molar-refractivity contribution >= 4 is 46.6 Å². The van der Waals surface area contributed by atoms with Crippen molar-refractivity contribution in [2.45, 2.75) is 25.3 Å². The van der Waals surface area contributed by atoms with Gasteiger partial charge in [-0.05, 0) is 66.6 Å². The Morgan fingerprint density at radius 3 is 2.26 bits per heavy atom. The highest BCUT2D eigenvalue weighted by Gasteiger charge is 2.64. The van der Waals surface area contributed by atoms with E-state index in [9.17, 15) is 20.7 Å². The van der Waals surface area contributed by atoms with Crippen molar-refractivity contribution in [2.75, 3.05) is 24.6 Å². The quantitative estimate of drug-likeness (QED) is 0.119. The molecule has 12 heteroatoms. The van der Waals surface area contributed by atoms with Crippen molar-refractivity contribution in [3.05, 3.63) is 139 Å². The topological polar surface area (TPSA) is 105 Å². The Kier molecular flexibility index (Phi) is 11.1. The molecule has 0 saturated carbocycles. The van der Waals surface area contributed by atoms with Crippen LogP contribution in [-0.2, 0) is 16.9 Å². The van der Waals surface area contributed by atoms with E-state index in [2.05, 4.69) is 9.74 Å². The van der Waals surface area contributed by atoms with Gasteiger partial charge in [0.25, 0.3) is 0 Å². The number of benzene rings is 2. The summed E-state index contributed by atoms with van der Waals surface area (Å²) in [5.41, 5.74) is -2.87. The lowest BCUT2D eigenvalue weighted by Crippen LogP contribution is -2.43. The van der Waals surface area contributed by atoms with Crippen molar-refractivity contribution in [1.82, 2.24) is 0 Å². The summed E-state index contributed by atoms with van der Waals surface area (Å²) >= 11 is 2.82. The lowest BCUT2D eigenvalue weighted by molar-refractivity contribution is -0.249. The SMILES string of the molecule is [C-]#[N+]C1=C(C=Cc2sc(C=Cc3ccc(-c4ccc(N(CC)CCO)cc4)s3)cc2CO)C(c2ccccc2)(C(F)(F)F)OC1=C(C#N)C#N. The van der Waals surface area contributed by atoms with E-state index in [1.165, 1.54) is 47.7 Å². The molecule has 1 atom stereocenters. The standard InChI is InChI=1S/C38H29F3N4O3S2/c1-3-45(19-20-46)29-11-9-25(10-12-29)33-17-15-30(49-33)13-14-31-21-26(24-47)34(50-31)18-16-32-35(44-2)36(27(22-42)23-43)48-37(32,38(39,40)41)28-7-5-4-6-8-28/h4-18,21,46-47H,3,19-20,24H2,1H3. The van der Waals surface area contributed by atoms with Crippen LogP contribution in [0, 0.1) is 29.2 Å². The number of thiophene rings is 2. The molecule has 1 unspecified atom stereocenters. The van der Waals surface area contributed by atoms with Gasteiger partial charge in [0.05, 0.1) is 19.8 Å². The maximum Gasteiger partial charge on any atom is 0.435 e. The molecule has 252 valence electrons. The van der Waals surface area contributed by atoms with E-state index >= 15 is 13.2 Å². The van der Waals surface area contributed by atoms with Crippen LogP contribution < -0.4 is 4.90 Å². The molecule has 0 spiro atoms. The van der Waals surface area contributed by atoms with Crippen LogP contribution in [0.1, 0.15) is 32.7 Å². The Labute approximate surface area is 295 Å². The van der Waals surface area contributed by atoms with Crippen LogP contribution >= 0.6 is 22.7 Å². The van der Waals surface area contributed by atoms with Crippen LogP contribution in [0.25, 0.3) is 33.5 Å². The molecule has 5 rings (SSSR count). The Morgan fingerprint density at radius 1 is 0.960 bits per heavy atom. The van der Waals surface area contributed by atoms with Gasteiger partial charge in [0.2, 0.25) is 11.3 Å². The smallest absolute Gasteiger partial charge is 0.435 e. The molecule has 2 N–H and O–H groups in total. The van der Waals surface area contributed by atoms with Crippen LogP contribution in [0.5, 0.6) is 0 Å². The number of hydrogen-bond donors (Lipinski definition) is 2. The number of allylic oxidation sites excluding steroid dienone is 1. The average Bonchev–Trinajstić information content (AvgIpc) is 3.85. The molecule has 0 bridgehead atoms. The van der Waals surface area contributed by atoms with Crippen LogP contribution in [0.2, 0.25) is 0 Å². The van der Waals surface area contributed by atoms with Crippen molar-refractivity contribution in [3.63, 3.8) is 0 Å². The first-order chi connectivity index (χ1) is 24.1. The molecule has 0 amide bonds. The first-order valence-corrected chi connectivity index (χ1v) is 16.9. The van der Waals surface area contributed by atoms with E-state index in [4.69, 9.17) is 11.3 Å². The number of likely N-dealkylation sites (N-methyl/N-ethyl adjacent to an activating group) is 1. The van der Waals surface area contributed by atoms with Gasteiger partial charge in [-0.25, -0.2) is 4.85 Å². The molecule has 4 aromatic rings. The van der Waals surface area contributed by atoms with Crippen LogP contribution in [0.3, 0.4) is 0 Å². The van der Waals surface area contributed by atoms with Gasteiger partial charge >= 0.3 is 6.18 Å². The zero-order chi connectivity index (χ0) is 35.9. The Bertz CT molecular complexity index is 2090. The van der Waals surface area contributed by atoms with E-state index in [1.807, 2.05) is 55.5 Å². The van der Waals surface area contributed by atoms with Crippen molar-refractivity contribution in [1.29, 1.82) is 10.5 Å². The molecule has 2 aromatic heterocycles. The summed E-state index contributed by atoms with van der Waals surface area (Å²) in [7, 11) is 0. The normalized spacial score (nSPS) is 16.0. The fourth-order valence-electron chi connectivity index (χ4n) is 5.57. The summed E-state index contributed by atoms with van der Waals surface area (Å²) in [6.07, 6.45) is 1.18. The maximum atomic E-state index is 15.1. The fraction of sp³-hybridized carbons (Fsp3) is 0.184. The first kappa shape index (κ1) is 35.9. The third-order valence-electron chi connectivity index (χ3n) is 7.99. The number of ether oxygens (including phenoxy) is 1. The van der Waals surface area contributed by atoms with E-state index in [0.29, 0.717) is 17.0 Å². The number of rotatable bonds is 11. The third kappa shape index (κ3) is 7.00. The van der Waals surface area contributed by atoms with Crippen molar-refractivity contribution < 1.29 is 28.1 Å². The minimum absolute atomic E-state index is 0.0765. The number of alkyl halides is 3. The average molecular weight is 711 g/mol. The Morgan fingerprint density at radius 2 is 1.66 bits per heavy atom. The lowest BCUT2D eigenvalue weighted by atomic mass is 9.85. The van der Waals surface area contributed by atoms with Crippen LogP contribution in [-0.4, -0.2) is 36.1 Å². The van der Waals surface area contributed by atoms with Crippen molar-refractivity contribution in [3.8, 4) is 22.6 Å². The van der Waals surface area contributed by atoms with Gasteiger partial charge in [-0.2, -0.15) is 23.7 Å². The number of halogens is 3. The van der Waals surface area contributed by atoms with Crippen LogP contribution in [0.4, 0.5) is 18.9 Å². The molecule has 0 aliphatic carbocycles. The second kappa shape index (κ2) is 15.4. The monoisotopic (exact) mass is 710 g/mol. The molecule has 2 aromatic carbocycles. The molecule has 1 aliphatic heterocycles. The maximum absolute atomic E-state index is 15.1. The fourth-order valence-corrected chi connectivity index (χ4v) is 7.47. The molecule has 0 radical (unpaired) electrons. The molecule has 1 aliphatic rings. The summed E-state index contributed by atoms with van der Waals surface area (Å²) in [6, 6.07) is 23.7. The molecule has 0 fully saturated rings. The summed E-state index contributed by atoms with van der Waals surface area (Å²) in [6.45, 7) is 10.8. The summed E-state index contributed by atoms with van der Waals surface area (Å²) in [5, 5.41) is 38.4. The molecule has 3 heterocycles. The highest BCUT2D eigenvalue weighted by molar-refractivity contribution is 7.16. The molecule has 0 saturated heterocycles. The Balaban J connectivity index is 1.47. The van der Waals surface area contributed by atoms with Gasteiger partial charge in [-0.1, -0.05) is 48.5 Å². The highest BCUT2D eigenvalue weighted by Crippen LogP contribution is 2.56. The van der Waals surface area contributed by atoms with Gasteiger partial charge in [-0.3, -0.25) is 0 Å². The van der Waals surface area contributed by atoms with E-state index in [-0.39, 0.29) is 18.8 Å². The summed E-state index contributed by atoms with van der Waals surface area (Å²) in [5.74, 6) is -0.737. The lowest BCUT2D eigenvalue weighted by Gasteiger charge is -2.34. The van der Waals surface area contributed by atoms with Crippen LogP contribution in [0.15, 0.2) is 101 Å². The predicted octanol–water partition coefficient (Wildman–Crippen LogP) is 8.93. The second-order valence-electron chi connectivity index (χ2n) is 10.9. The van der Waals surface area contributed by atoms with E-state index < -0.39 is 34.4 Å². The predicted molar refractivity (Wildman–Crippen MR) is 190 cm³/mol. The summed E-state index contributed by atoms with van der Waals surface area (Å²) in [4.78, 5) is 8.61. The largest absolute Gasteiger partial charge is 0.478 e. The summed E-state index contributed by atoms with van der Waals surface area (Å²) < 4.78 is 50.8. The van der Waals surface area contributed by atoms with Crippen molar-refractivity contribution in [2.24, 2.45) is 0 Å². The molecule has 50 heavy (non-hydrogen) atoms. The molecule has 7 nitrogen and oxygen atoms in total. The van der Waals surface area contributed by atoms with Gasteiger partial charge < -0.3 is 19.8 Å². The molecular weight excluding hydrogens is 682 g/mol. The number of aliphatic hydroxyl groups is 2. The number of nitriles is 2. The Hall–Kier alpha value is -5.42. The van der Waals surface area contributed by atoms with Gasteiger partial charge in [0.15, 0.2) is 11.3 Å². The number of hydrogen-bond acceptors (Lipinski definition) is 8. The van der Waals surface area contributed by atoms with Gasteiger partial charge in [0.1, 0.15) is 12.1 Å². The second-order valence-corrected chi connectivity index (χ2v) is 13.1. The molecular formula is C38H29F3N4O3S2. The highest BCUT2D eigenvalue weighted by atomic mass is 32.1.